The molecule has 2 fully saturated rings. The molecule has 2 atom stereocenters. The maximum atomic E-state index is 13.0. The normalized spacial score (nSPS) is 18.8. The molecule has 0 spiro atoms. The fourth-order valence-electron chi connectivity index (χ4n) is 3.94. The number of halogens is 4. The molecule has 1 saturated heterocycles. The molecule has 1 N–H and O–H groups in total. The van der Waals surface area contributed by atoms with Crippen LogP contribution in [0.25, 0.3) is 0 Å². The second kappa shape index (κ2) is 11.6. The van der Waals surface area contributed by atoms with Gasteiger partial charge in [-0.1, -0.05) is 35.7 Å². The Balaban J connectivity index is 1.64. The van der Waals surface area contributed by atoms with Crippen molar-refractivity contribution >= 4 is 29.2 Å². The lowest BCUT2D eigenvalue weighted by Crippen LogP contribution is -2.42. The van der Waals surface area contributed by atoms with Crippen molar-refractivity contribution in [2.24, 2.45) is 5.92 Å². The molecule has 0 radical (unpaired) electrons. The third-order valence-electron chi connectivity index (χ3n) is 6.03. The van der Waals surface area contributed by atoms with E-state index in [1.807, 2.05) is 0 Å². The topological polar surface area (TPSA) is 83.7 Å². The van der Waals surface area contributed by atoms with Crippen LogP contribution in [0.1, 0.15) is 49.3 Å². The van der Waals surface area contributed by atoms with E-state index in [1.54, 1.807) is 0 Å². The van der Waals surface area contributed by atoms with E-state index in [1.165, 1.54) is 18.2 Å². The molecule has 2 heterocycles. The molecule has 1 aromatic carbocycles. The van der Waals surface area contributed by atoms with Gasteiger partial charge >= 0.3 is 12.6 Å². The molecule has 11 heteroatoms. The number of benzene rings is 1. The Morgan fingerprint density at radius 1 is 1.14 bits per heavy atom. The molecular formula is C24H26Cl2F2N2O5. The van der Waals surface area contributed by atoms with Gasteiger partial charge in [-0.2, -0.15) is 13.5 Å². The Labute approximate surface area is 211 Å². The number of carbonyl (C=O) groups excluding carboxylic acids is 1. The van der Waals surface area contributed by atoms with Crippen LogP contribution in [-0.4, -0.2) is 31.8 Å². The number of aromatic nitrogens is 1. The lowest BCUT2D eigenvalue weighted by Gasteiger charge is -2.26. The van der Waals surface area contributed by atoms with Gasteiger partial charge in [-0.25, -0.2) is 0 Å². The Kier molecular flexibility index (Phi) is 8.51. The molecule has 2 aliphatic rings. The Morgan fingerprint density at radius 2 is 1.89 bits per heavy atom. The van der Waals surface area contributed by atoms with Crippen molar-refractivity contribution in [2.75, 3.05) is 13.2 Å². The molecule has 0 unspecified atom stereocenters. The summed E-state index contributed by atoms with van der Waals surface area (Å²) in [5.74, 6) is -0.0318. The van der Waals surface area contributed by atoms with Crippen molar-refractivity contribution in [1.82, 2.24) is 5.32 Å². The second-order valence-electron chi connectivity index (χ2n) is 8.76. The van der Waals surface area contributed by atoms with Crippen LogP contribution in [0.2, 0.25) is 10.0 Å². The monoisotopic (exact) mass is 530 g/mol. The molecule has 2 aromatic rings. The smallest absolute Gasteiger partial charge is 0.387 e. The Morgan fingerprint density at radius 3 is 2.51 bits per heavy atom. The number of alkyl halides is 2. The Bertz CT molecular complexity index is 1030. The summed E-state index contributed by atoms with van der Waals surface area (Å²) in [6.45, 7) is -1.93. The first-order chi connectivity index (χ1) is 16.8. The maximum Gasteiger partial charge on any atom is 0.387 e. The highest BCUT2D eigenvalue weighted by molar-refractivity contribution is 6.35. The van der Waals surface area contributed by atoms with Crippen molar-refractivity contribution in [3.63, 3.8) is 0 Å². The summed E-state index contributed by atoms with van der Waals surface area (Å²) in [6.07, 6.45) is 6.07. The Hall–Kier alpha value is -2.36. The summed E-state index contributed by atoms with van der Waals surface area (Å²) in [6, 6.07) is 3.98. The van der Waals surface area contributed by atoms with Gasteiger partial charge in [0.15, 0.2) is 23.9 Å². The van der Waals surface area contributed by atoms with Crippen molar-refractivity contribution in [3.05, 3.63) is 57.0 Å². The van der Waals surface area contributed by atoms with Crippen LogP contribution in [0.5, 0.6) is 11.5 Å². The zero-order valence-corrected chi connectivity index (χ0v) is 20.4. The molecule has 0 bridgehead atoms. The van der Waals surface area contributed by atoms with E-state index in [2.05, 4.69) is 10.1 Å². The van der Waals surface area contributed by atoms with Crippen LogP contribution < -0.4 is 19.5 Å². The van der Waals surface area contributed by atoms with Gasteiger partial charge in [0.1, 0.15) is 22.2 Å². The van der Waals surface area contributed by atoms with Crippen LogP contribution in [0, 0.1) is 11.1 Å². The SMILES string of the molecule is O=C(O[C@@H](Cc1c(Cl)c[n+]([O-])cc1Cl)c1ccc(OC(F)F)c(OCC2CC2)c1)[C@H]1CCCCN1. The van der Waals surface area contributed by atoms with E-state index in [4.69, 9.17) is 32.7 Å². The third kappa shape index (κ3) is 7.08. The van der Waals surface area contributed by atoms with Crippen LogP contribution in [0.4, 0.5) is 8.78 Å². The number of hydrogen-bond donors (Lipinski definition) is 1. The van der Waals surface area contributed by atoms with Crippen LogP contribution in [0.15, 0.2) is 30.6 Å². The average molecular weight is 531 g/mol. The fourth-order valence-corrected chi connectivity index (χ4v) is 4.54. The minimum atomic E-state index is -3.02. The number of ether oxygens (including phenoxy) is 3. The minimum Gasteiger partial charge on any atom is -0.619 e. The maximum absolute atomic E-state index is 13.0. The molecule has 4 rings (SSSR count). The van der Waals surface area contributed by atoms with Crippen LogP contribution in [0.3, 0.4) is 0 Å². The predicted octanol–water partition coefficient (Wildman–Crippen LogP) is 4.99. The van der Waals surface area contributed by atoms with Gasteiger partial charge in [-0.05, 0) is 55.8 Å². The van der Waals surface area contributed by atoms with E-state index in [0.29, 0.717) is 41.3 Å². The summed E-state index contributed by atoms with van der Waals surface area (Å²) in [7, 11) is 0. The molecule has 1 aliphatic carbocycles. The van der Waals surface area contributed by atoms with Gasteiger partial charge in [-0.3, -0.25) is 4.79 Å². The van der Waals surface area contributed by atoms with Crippen LogP contribution in [-0.2, 0) is 16.0 Å². The summed E-state index contributed by atoms with van der Waals surface area (Å²) < 4.78 is 42.7. The van der Waals surface area contributed by atoms with E-state index < -0.39 is 24.7 Å². The largest absolute Gasteiger partial charge is 0.619 e. The summed E-state index contributed by atoms with van der Waals surface area (Å²) in [5, 5.41) is 15.1. The quantitative estimate of drug-likeness (QED) is 0.265. The first-order valence-corrected chi connectivity index (χ1v) is 12.3. The highest BCUT2D eigenvalue weighted by Crippen LogP contribution is 2.38. The van der Waals surface area contributed by atoms with Gasteiger partial charge in [0.25, 0.3) is 0 Å². The first-order valence-electron chi connectivity index (χ1n) is 11.5. The molecular weight excluding hydrogens is 505 g/mol. The van der Waals surface area contributed by atoms with Crippen molar-refractivity contribution in [1.29, 1.82) is 0 Å². The van der Waals surface area contributed by atoms with Crippen molar-refractivity contribution in [2.45, 2.75) is 57.3 Å². The molecule has 1 aliphatic heterocycles. The van der Waals surface area contributed by atoms with Gasteiger partial charge in [0, 0.05) is 12.0 Å². The summed E-state index contributed by atoms with van der Waals surface area (Å²) >= 11 is 12.5. The second-order valence-corrected chi connectivity index (χ2v) is 9.58. The van der Waals surface area contributed by atoms with E-state index >= 15 is 0 Å². The third-order valence-corrected chi connectivity index (χ3v) is 6.68. The fraction of sp³-hybridized carbons (Fsp3) is 0.500. The summed E-state index contributed by atoms with van der Waals surface area (Å²) in [5.41, 5.74) is 0.913. The van der Waals surface area contributed by atoms with Gasteiger partial charge < -0.3 is 24.7 Å². The predicted molar refractivity (Wildman–Crippen MR) is 125 cm³/mol. The number of hydrogen-bond acceptors (Lipinski definition) is 6. The lowest BCUT2D eigenvalue weighted by atomic mass is 10.0. The molecule has 190 valence electrons. The molecule has 35 heavy (non-hydrogen) atoms. The molecule has 1 aromatic heterocycles. The number of nitrogens with one attached hydrogen (secondary N) is 1. The standard InChI is InChI=1S/C24H26Cl2F2N2O5/c25-17-11-30(32)12-18(26)16(17)10-21(34-23(31)19-3-1-2-8-29-19)15-6-7-20(35-24(27)28)22(9-15)33-13-14-4-5-14/h6-7,9,11-12,14,19,21,24,29H,1-5,8,10,13H2/t19-,21+/m1/s1. The number of nitrogens with zero attached hydrogens (tertiary/aromatic N) is 1. The van der Waals surface area contributed by atoms with Crippen molar-refractivity contribution in [3.8, 4) is 11.5 Å². The van der Waals surface area contributed by atoms with E-state index in [9.17, 15) is 18.8 Å². The number of pyridine rings is 1. The van der Waals surface area contributed by atoms with Gasteiger partial charge in [0.05, 0.1) is 6.61 Å². The average Bonchev–Trinajstić information content (AvgIpc) is 3.64. The number of carbonyl (C=O) groups is 1. The van der Waals surface area contributed by atoms with Crippen molar-refractivity contribution < 1.29 is 32.5 Å². The van der Waals surface area contributed by atoms with Gasteiger partial charge in [-0.15, -0.1) is 0 Å². The molecule has 7 nitrogen and oxygen atoms in total. The minimum absolute atomic E-state index is 0.0636. The summed E-state index contributed by atoms with van der Waals surface area (Å²) in [4.78, 5) is 13.0. The number of rotatable bonds is 10. The number of esters is 1. The highest BCUT2D eigenvalue weighted by Gasteiger charge is 2.29. The zero-order valence-electron chi connectivity index (χ0n) is 18.9. The van der Waals surface area contributed by atoms with E-state index in [-0.39, 0.29) is 28.0 Å². The molecule has 1 saturated carbocycles. The number of piperidine rings is 1. The van der Waals surface area contributed by atoms with Gasteiger partial charge in [0.2, 0.25) is 0 Å². The van der Waals surface area contributed by atoms with Crippen LogP contribution >= 0.6 is 23.2 Å². The lowest BCUT2D eigenvalue weighted by molar-refractivity contribution is -0.605. The first kappa shape index (κ1) is 25.7. The van der Waals surface area contributed by atoms with E-state index in [0.717, 1.165) is 38.1 Å². The highest BCUT2D eigenvalue weighted by atomic mass is 35.5. The zero-order chi connectivity index (χ0) is 24.9. The molecule has 0 amide bonds.